The molecule has 4 aromatic rings. The molecule has 9 heteroatoms. The summed E-state index contributed by atoms with van der Waals surface area (Å²) in [5.74, 6) is 2.34. The standard InChI is InChI=1S/C28H25N5O3S/c1-3-24-23(32-27(36-24)19-6-4-17(2)5-7-19)16-37-28-22(15-30)25(21(14-29)26(31)33-28)18-8-10-20(11-9-18)35-13-12-34/h4-11,34H,3,12-13,16H2,1-2H3,(H2,31,33). The van der Waals surface area contributed by atoms with Crippen LogP contribution in [-0.2, 0) is 12.2 Å². The summed E-state index contributed by atoms with van der Waals surface area (Å²) in [6, 6.07) is 19.2. The second-order valence-corrected chi connectivity index (χ2v) is 9.11. The zero-order valence-electron chi connectivity index (χ0n) is 20.5. The number of hydrogen-bond acceptors (Lipinski definition) is 9. The van der Waals surface area contributed by atoms with Crippen LogP contribution in [0, 0.1) is 29.6 Å². The van der Waals surface area contributed by atoms with Crippen molar-refractivity contribution in [2.24, 2.45) is 0 Å². The first-order chi connectivity index (χ1) is 18.0. The van der Waals surface area contributed by atoms with Gasteiger partial charge in [-0.05, 0) is 36.8 Å². The molecular weight excluding hydrogens is 486 g/mol. The summed E-state index contributed by atoms with van der Waals surface area (Å²) in [6.45, 7) is 4.09. The van der Waals surface area contributed by atoms with Crippen LogP contribution in [0.1, 0.15) is 35.1 Å². The van der Waals surface area contributed by atoms with Crippen molar-refractivity contribution in [1.82, 2.24) is 9.97 Å². The van der Waals surface area contributed by atoms with Crippen molar-refractivity contribution in [3.05, 3.63) is 76.7 Å². The van der Waals surface area contributed by atoms with Crippen molar-refractivity contribution in [1.29, 1.82) is 10.5 Å². The maximum Gasteiger partial charge on any atom is 0.226 e. The highest BCUT2D eigenvalue weighted by atomic mass is 32.2. The monoisotopic (exact) mass is 511 g/mol. The molecule has 0 radical (unpaired) electrons. The van der Waals surface area contributed by atoms with E-state index >= 15 is 0 Å². The highest BCUT2D eigenvalue weighted by Gasteiger charge is 2.22. The SMILES string of the molecule is CCc1oc(-c2ccc(C)cc2)nc1CSc1nc(N)c(C#N)c(-c2ccc(OCCO)cc2)c1C#N. The van der Waals surface area contributed by atoms with Gasteiger partial charge in [0.1, 0.15) is 46.7 Å². The Morgan fingerprint density at radius 3 is 2.30 bits per heavy atom. The molecule has 0 saturated heterocycles. The summed E-state index contributed by atoms with van der Waals surface area (Å²) < 4.78 is 11.4. The van der Waals surface area contributed by atoms with E-state index in [0.717, 1.165) is 22.6 Å². The lowest BCUT2D eigenvalue weighted by molar-refractivity contribution is 0.201. The Kier molecular flexibility index (Phi) is 8.09. The van der Waals surface area contributed by atoms with Crippen LogP contribution in [0.2, 0.25) is 0 Å². The van der Waals surface area contributed by atoms with E-state index in [9.17, 15) is 10.5 Å². The molecule has 0 saturated carbocycles. The average molecular weight is 512 g/mol. The van der Waals surface area contributed by atoms with Gasteiger partial charge in [-0.15, -0.1) is 0 Å². The molecule has 2 aromatic carbocycles. The van der Waals surface area contributed by atoms with E-state index in [1.165, 1.54) is 11.8 Å². The van der Waals surface area contributed by atoms with Crippen LogP contribution in [-0.4, -0.2) is 28.3 Å². The van der Waals surface area contributed by atoms with Gasteiger partial charge in [-0.3, -0.25) is 0 Å². The number of ether oxygens (including phenoxy) is 1. The molecule has 0 spiro atoms. The Balaban J connectivity index is 1.68. The lowest BCUT2D eigenvalue weighted by atomic mass is 9.97. The van der Waals surface area contributed by atoms with Gasteiger partial charge < -0.3 is 20.0 Å². The van der Waals surface area contributed by atoms with Crippen molar-refractivity contribution in [3.63, 3.8) is 0 Å². The molecule has 186 valence electrons. The number of benzene rings is 2. The van der Waals surface area contributed by atoms with E-state index in [2.05, 4.69) is 17.1 Å². The van der Waals surface area contributed by atoms with Crippen LogP contribution in [0.25, 0.3) is 22.6 Å². The molecule has 2 aromatic heterocycles. The first kappa shape index (κ1) is 25.8. The van der Waals surface area contributed by atoms with Crippen LogP contribution >= 0.6 is 11.8 Å². The number of thioether (sulfide) groups is 1. The lowest BCUT2D eigenvalue weighted by Gasteiger charge is -2.13. The number of nitrogens with zero attached hydrogens (tertiary/aromatic N) is 4. The van der Waals surface area contributed by atoms with Gasteiger partial charge in [-0.2, -0.15) is 10.5 Å². The fraction of sp³-hybridized carbons (Fsp3) is 0.214. The molecule has 0 unspecified atom stereocenters. The van der Waals surface area contributed by atoms with Crippen LogP contribution < -0.4 is 10.5 Å². The predicted octanol–water partition coefficient (Wildman–Crippen LogP) is 5.26. The Hall–Kier alpha value is -4.31. The summed E-state index contributed by atoms with van der Waals surface area (Å²) in [6.07, 6.45) is 0.665. The van der Waals surface area contributed by atoms with E-state index in [-0.39, 0.29) is 30.2 Å². The second-order valence-electron chi connectivity index (χ2n) is 8.14. The van der Waals surface area contributed by atoms with Gasteiger partial charge in [-0.25, -0.2) is 9.97 Å². The third kappa shape index (κ3) is 5.59. The van der Waals surface area contributed by atoms with E-state index in [1.54, 1.807) is 24.3 Å². The number of pyridine rings is 1. The summed E-state index contributed by atoms with van der Waals surface area (Å²) in [5, 5.41) is 29.2. The number of nitrogen functional groups attached to an aromatic ring is 1. The fourth-order valence-electron chi connectivity index (χ4n) is 3.80. The third-order valence-electron chi connectivity index (χ3n) is 5.66. The zero-order chi connectivity index (χ0) is 26.4. The number of anilines is 1. The Morgan fingerprint density at radius 1 is 1.00 bits per heavy atom. The van der Waals surface area contributed by atoms with E-state index in [1.807, 2.05) is 38.1 Å². The number of oxazole rings is 1. The van der Waals surface area contributed by atoms with Crippen molar-refractivity contribution >= 4 is 17.6 Å². The number of aliphatic hydroxyl groups is 1. The van der Waals surface area contributed by atoms with Gasteiger partial charge in [0.05, 0.1) is 17.9 Å². The average Bonchev–Trinajstić information content (AvgIpc) is 3.34. The first-order valence-corrected chi connectivity index (χ1v) is 12.6. The summed E-state index contributed by atoms with van der Waals surface area (Å²) >= 11 is 1.32. The van der Waals surface area contributed by atoms with E-state index in [0.29, 0.717) is 40.0 Å². The number of nitriles is 2. The lowest BCUT2D eigenvalue weighted by Crippen LogP contribution is -2.04. The number of aryl methyl sites for hydroxylation is 2. The Labute approximate surface area is 219 Å². The highest BCUT2D eigenvalue weighted by Crippen LogP contribution is 2.37. The number of rotatable bonds is 9. The van der Waals surface area contributed by atoms with E-state index < -0.39 is 0 Å². The third-order valence-corrected chi connectivity index (χ3v) is 6.65. The minimum atomic E-state index is -0.0990. The molecule has 8 nitrogen and oxygen atoms in total. The molecular formula is C28H25N5O3S. The molecule has 3 N–H and O–H groups in total. The minimum Gasteiger partial charge on any atom is -0.491 e. The van der Waals surface area contributed by atoms with Gasteiger partial charge >= 0.3 is 0 Å². The molecule has 37 heavy (non-hydrogen) atoms. The maximum atomic E-state index is 10.1. The number of hydrogen-bond donors (Lipinski definition) is 2. The van der Waals surface area contributed by atoms with Crippen molar-refractivity contribution < 1.29 is 14.3 Å². The van der Waals surface area contributed by atoms with Crippen molar-refractivity contribution in [3.8, 4) is 40.5 Å². The fourth-order valence-corrected chi connectivity index (χ4v) is 4.76. The van der Waals surface area contributed by atoms with Crippen LogP contribution in [0.15, 0.2) is 58.0 Å². The molecule has 0 fully saturated rings. The normalized spacial score (nSPS) is 10.6. The number of aromatic nitrogens is 2. The largest absolute Gasteiger partial charge is 0.491 e. The first-order valence-electron chi connectivity index (χ1n) is 11.6. The second kappa shape index (κ2) is 11.6. The minimum absolute atomic E-state index is 0.0517. The summed E-state index contributed by atoms with van der Waals surface area (Å²) in [7, 11) is 0. The predicted molar refractivity (Wildman–Crippen MR) is 142 cm³/mol. The molecule has 4 rings (SSSR count). The van der Waals surface area contributed by atoms with Gasteiger partial charge in [0.15, 0.2) is 0 Å². The number of aliphatic hydroxyl groups excluding tert-OH is 1. The maximum absolute atomic E-state index is 10.1. The van der Waals surface area contributed by atoms with Gasteiger partial charge in [0, 0.05) is 23.3 Å². The van der Waals surface area contributed by atoms with Gasteiger partial charge in [0.2, 0.25) is 5.89 Å². The van der Waals surface area contributed by atoms with Crippen molar-refractivity contribution in [2.45, 2.75) is 31.0 Å². The molecule has 0 amide bonds. The molecule has 0 aliphatic rings. The number of nitrogens with two attached hydrogens (primary N) is 1. The van der Waals surface area contributed by atoms with Crippen LogP contribution in [0.4, 0.5) is 5.82 Å². The summed E-state index contributed by atoms with van der Waals surface area (Å²) in [5.41, 5.74) is 10.4. The van der Waals surface area contributed by atoms with Gasteiger partial charge in [-0.1, -0.05) is 48.5 Å². The zero-order valence-corrected chi connectivity index (χ0v) is 21.3. The van der Waals surface area contributed by atoms with Crippen LogP contribution in [0.3, 0.4) is 0 Å². The van der Waals surface area contributed by atoms with Crippen LogP contribution in [0.5, 0.6) is 5.75 Å². The molecule has 0 atom stereocenters. The van der Waals surface area contributed by atoms with Crippen molar-refractivity contribution in [2.75, 3.05) is 18.9 Å². The smallest absolute Gasteiger partial charge is 0.226 e. The molecule has 0 bridgehead atoms. The quantitative estimate of drug-likeness (QED) is 0.288. The van der Waals surface area contributed by atoms with E-state index in [4.69, 9.17) is 25.0 Å². The molecule has 2 heterocycles. The Morgan fingerprint density at radius 2 is 1.68 bits per heavy atom. The topological polar surface area (TPSA) is 142 Å². The highest BCUT2D eigenvalue weighted by molar-refractivity contribution is 7.98. The molecule has 0 aliphatic carbocycles. The summed E-state index contributed by atoms with van der Waals surface area (Å²) in [4.78, 5) is 9.10. The van der Waals surface area contributed by atoms with Gasteiger partial charge in [0.25, 0.3) is 0 Å². The molecule has 0 aliphatic heterocycles. The Bertz CT molecular complexity index is 1480.